The van der Waals surface area contributed by atoms with Crippen LogP contribution >= 0.6 is 23.5 Å². The molecule has 0 aliphatic carbocycles. The van der Waals surface area contributed by atoms with Crippen LogP contribution in [0.25, 0.3) is 0 Å². The van der Waals surface area contributed by atoms with Gasteiger partial charge in [-0.25, -0.2) is 15.4 Å². The zero-order valence-corrected chi connectivity index (χ0v) is 15.7. The van der Waals surface area contributed by atoms with E-state index in [-0.39, 0.29) is 11.0 Å². The summed E-state index contributed by atoms with van der Waals surface area (Å²) in [5.74, 6) is 1.06. The molecule has 132 valence electrons. The van der Waals surface area contributed by atoms with Gasteiger partial charge in [-0.2, -0.15) is 5.10 Å². The van der Waals surface area contributed by atoms with Crippen LogP contribution < -0.4 is 5.43 Å². The van der Waals surface area contributed by atoms with Gasteiger partial charge in [-0.05, 0) is 43.3 Å². The van der Waals surface area contributed by atoms with Gasteiger partial charge in [0.2, 0.25) is 0 Å². The summed E-state index contributed by atoms with van der Waals surface area (Å²) >= 11 is 2.55. The van der Waals surface area contributed by atoms with Crippen LogP contribution in [0.4, 0.5) is 4.79 Å². The summed E-state index contributed by atoms with van der Waals surface area (Å²) in [7, 11) is 0. The standard InChI is InChI=1S/C17H20N4O2S2/c1-3-4-9-24-16-19-12(2)10-15(20-16)25-17(23)21-18-11-13-7-5-6-8-14(13)22/h5-8,10-11,22H,3-4,9H2,1-2H3,(H,21,23)/b18-11+. The van der Waals surface area contributed by atoms with Crippen molar-refractivity contribution in [1.29, 1.82) is 0 Å². The number of hydrogen-bond donors (Lipinski definition) is 2. The third-order valence-corrected chi connectivity index (χ3v) is 4.66. The highest BCUT2D eigenvalue weighted by Crippen LogP contribution is 2.22. The maximum atomic E-state index is 12.0. The number of benzene rings is 1. The molecule has 0 aliphatic heterocycles. The van der Waals surface area contributed by atoms with Crippen molar-refractivity contribution in [2.45, 2.75) is 36.9 Å². The molecule has 0 spiro atoms. The molecule has 6 nitrogen and oxygen atoms in total. The number of phenols is 1. The normalized spacial score (nSPS) is 11.0. The molecule has 1 heterocycles. The van der Waals surface area contributed by atoms with Crippen molar-refractivity contribution < 1.29 is 9.90 Å². The SMILES string of the molecule is CCCCSc1nc(C)cc(SC(=O)N/N=C/c2ccccc2O)n1. The monoisotopic (exact) mass is 376 g/mol. The average molecular weight is 377 g/mol. The second kappa shape index (κ2) is 10.0. The highest BCUT2D eigenvalue weighted by molar-refractivity contribution is 8.13. The summed E-state index contributed by atoms with van der Waals surface area (Å²) in [5.41, 5.74) is 3.76. The van der Waals surface area contributed by atoms with Gasteiger partial charge in [-0.3, -0.25) is 4.79 Å². The highest BCUT2D eigenvalue weighted by Gasteiger charge is 2.08. The molecule has 0 bridgehead atoms. The fourth-order valence-electron chi connectivity index (χ4n) is 1.81. The highest BCUT2D eigenvalue weighted by atomic mass is 32.2. The average Bonchev–Trinajstić information content (AvgIpc) is 2.56. The third-order valence-electron chi connectivity index (χ3n) is 3.03. The first-order valence-corrected chi connectivity index (χ1v) is 9.66. The van der Waals surface area contributed by atoms with E-state index in [4.69, 9.17) is 0 Å². The lowest BCUT2D eigenvalue weighted by Crippen LogP contribution is -2.11. The molecule has 2 aromatic rings. The molecule has 0 atom stereocenters. The number of hydrogen-bond acceptors (Lipinski definition) is 7. The van der Waals surface area contributed by atoms with Crippen molar-refractivity contribution >= 4 is 35.0 Å². The molecule has 0 aliphatic rings. The fraction of sp³-hybridized carbons (Fsp3) is 0.294. The molecule has 0 saturated carbocycles. The number of aromatic hydroxyl groups is 1. The fourth-order valence-corrected chi connectivity index (χ4v) is 3.50. The van der Waals surface area contributed by atoms with E-state index in [1.165, 1.54) is 6.21 Å². The van der Waals surface area contributed by atoms with Crippen LogP contribution in [0.1, 0.15) is 31.0 Å². The lowest BCUT2D eigenvalue weighted by atomic mass is 10.2. The molecule has 0 unspecified atom stereocenters. The predicted octanol–water partition coefficient (Wildman–Crippen LogP) is 4.22. The minimum absolute atomic E-state index is 0.105. The molecule has 0 radical (unpaired) electrons. The van der Waals surface area contributed by atoms with Gasteiger partial charge >= 0.3 is 5.24 Å². The smallest absolute Gasteiger partial charge is 0.305 e. The summed E-state index contributed by atoms with van der Waals surface area (Å²) in [6.45, 7) is 4.02. The number of amides is 1. The summed E-state index contributed by atoms with van der Waals surface area (Å²) in [5, 5.41) is 14.4. The maximum Gasteiger partial charge on any atom is 0.305 e. The summed E-state index contributed by atoms with van der Waals surface area (Å²) < 4.78 is 0. The topological polar surface area (TPSA) is 87.5 Å². The van der Waals surface area contributed by atoms with Gasteiger partial charge < -0.3 is 5.11 Å². The van der Waals surface area contributed by atoms with E-state index in [0.717, 1.165) is 36.1 Å². The van der Waals surface area contributed by atoms with Crippen molar-refractivity contribution in [2.24, 2.45) is 5.10 Å². The number of phenolic OH excluding ortho intramolecular Hbond substituents is 1. The van der Waals surface area contributed by atoms with E-state index in [2.05, 4.69) is 27.4 Å². The van der Waals surface area contributed by atoms with Crippen LogP contribution in [-0.2, 0) is 0 Å². The Morgan fingerprint density at radius 3 is 2.92 bits per heavy atom. The Bertz CT molecular complexity index is 753. The molecule has 1 amide bonds. The molecule has 8 heteroatoms. The number of hydrazone groups is 1. The number of rotatable bonds is 7. The van der Waals surface area contributed by atoms with Gasteiger partial charge in [0.1, 0.15) is 10.8 Å². The van der Waals surface area contributed by atoms with Crippen LogP contribution in [0.5, 0.6) is 5.75 Å². The number of aromatic nitrogens is 2. The van der Waals surface area contributed by atoms with E-state index < -0.39 is 0 Å². The quantitative estimate of drug-likeness (QED) is 0.188. The van der Waals surface area contributed by atoms with Gasteiger partial charge in [0.05, 0.1) is 6.21 Å². The van der Waals surface area contributed by atoms with Crippen molar-refractivity contribution in [3.05, 3.63) is 41.6 Å². The van der Waals surface area contributed by atoms with E-state index in [0.29, 0.717) is 15.7 Å². The largest absolute Gasteiger partial charge is 0.507 e. The van der Waals surface area contributed by atoms with Crippen LogP contribution in [0.15, 0.2) is 45.6 Å². The summed E-state index contributed by atoms with van der Waals surface area (Å²) in [4.78, 5) is 20.7. The zero-order valence-electron chi connectivity index (χ0n) is 14.1. The zero-order chi connectivity index (χ0) is 18.1. The number of unbranched alkanes of at least 4 members (excludes halogenated alkanes) is 1. The molecule has 0 saturated heterocycles. The van der Waals surface area contributed by atoms with E-state index in [1.807, 2.05) is 6.92 Å². The Kier molecular flexibility index (Phi) is 7.75. The van der Waals surface area contributed by atoms with Crippen molar-refractivity contribution in [2.75, 3.05) is 5.75 Å². The number of carbonyl (C=O) groups is 1. The van der Waals surface area contributed by atoms with E-state index in [1.54, 1.807) is 42.1 Å². The summed E-state index contributed by atoms with van der Waals surface area (Å²) in [6, 6.07) is 8.51. The molecular weight excluding hydrogens is 356 g/mol. The summed E-state index contributed by atoms with van der Waals surface area (Å²) in [6.07, 6.45) is 3.62. The first-order valence-electron chi connectivity index (χ1n) is 7.86. The van der Waals surface area contributed by atoms with Crippen LogP contribution in [0.2, 0.25) is 0 Å². The van der Waals surface area contributed by atoms with Crippen molar-refractivity contribution in [3.63, 3.8) is 0 Å². The maximum absolute atomic E-state index is 12.0. The minimum Gasteiger partial charge on any atom is -0.507 e. The molecule has 1 aromatic heterocycles. The second-order valence-electron chi connectivity index (χ2n) is 5.15. The van der Waals surface area contributed by atoms with E-state index >= 15 is 0 Å². The van der Waals surface area contributed by atoms with Crippen LogP contribution in [-0.4, -0.2) is 32.3 Å². The Labute approximate surface area is 155 Å². The van der Waals surface area contributed by atoms with Crippen LogP contribution in [0, 0.1) is 6.92 Å². The van der Waals surface area contributed by atoms with Crippen molar-refractivity contribution in [3.8, 4) is 5.75 Å². The minimum atomic E-state index is -0.353. The molecule has 25 heavy (non-hydrogen) atoms. The van der Waals surface area contributed by atoms with Gasteiger partial charge in [0, 0.05) is 17.0 Å². The number of thioether (sulfide) groups is 2. The predicted molar refractivity (Wildman–Crippen MR) is 102 cm³/mol. The molecule has 2 N–H and O–H groups in total. The number of carbonyl (C=O) groups excluding carboxylic acids is 1. The number of aryl methyl sites for hydroxylation is 1. The Hall–Kier alpha value is -2.06. The number of nitrogens with zero attached hydrogens (tertiary/aromatic N) is 3. The lowest BCUT2D eigenvalue weighted by molar-refractivity contribution is 0.261. The number of para-hydroxylation sites is 1. The molecule has 1 aromatic carbocycles. The molecule has 2 rings (SSSR count). The first-order chi connectivity index (χ1) is 12.1. The van der Waals surface area contributed by atoms with Gasteiger partial charge in [-0.1, -0.05) is 37.2 Å². The second-order valence-corrected chi connectivity index (χ2v) is 7.21. The van der Waals surface area contributed by atoms with Crippen LogP contribution in [0.3, 0.4) is 0 Å². The van der Waals surface area contributed by atoms with Crippen molar-refractivity contribution in [1.82, 2.24) is 15.4 Å². The van der Waals surface area contributed by atoms with Gasteiger partial charge in [-0.15, -0.1) is 0 Å². The molecule has 0 fully saturated rings. The van der Waals surface area contributed by atoms with Gasteiger partial charge in [0.15, 0.2) is 5.16 Å². The Morgan fingerprint density at radius 1 is 1.36 bits per heavy atom. The first kappa shape index (κ1) is 19.3. The Morgan fingerprint density at radius 2 is 2.16 bits per heavy atom. The lowest BCUT2D eigenvalue weighted by Gasteiger charge is -2.04. The van der Waals surface area contributed by atoms with E-state index in [9.17, 15) is 9.90 Å². The molecular formula is C17H20N4O2S2. The third kappa shape index (κ3) is 6.75. The Balaban J connectivity index is 1.92. The van der Waals surface area contributed by atoms with Gasteiger partial charge in [0.25, 0.3) is 0 Å². The number of nitrogens with one attached hydrogen (secondary N) is 1.